The van der Waals surface area contributed by atoms with Crippen LogP contribution < -0.4 is 0 Å². The fraction of sp³-hybridized carbons (Fsp3) is 0. The van der Waals surface area contributed by atoms with E-state index in [1.807, 2.05) is 0 Å². The third-order valence-electron chi connectivity index (χ3n) is 0. The zero-order valence-corrected chi connectivity index (χ0v) is 4.08. The van der Waals surface area contributed by atoms with Crippen molar-refractivity contribution in [2.24, 2.45) is 0 Å². The van der Waals surface area contributed by atoms with Crippen LogP contribution in [0, 0.1) is 0 Å². The molecule has 0 saturated carbocycles. The van der Waals surface area contributed by atoms with Crippen LogP contribution in [-0.2, 0) is 0 Å². The molecule has 0 nitrogen and oxygen atoms in total. The highest BCUT2D eigenvalue weighted by Crippen LogP contribution is 0.429. The molecule has 11 heavy (non-hydrogen) atoms. The third kappa shape index (κ3) is 21500. The first kappa shape index (κ1) is 37300. The van der Waals surface area contributed by atoms with Gasteiger partial charge in [0, 0.05) is 0 Å². The molecule has 0 bridgehead atoms. The minimum absolute atomic E-state index is 0. The largest absolute Gasteiger partial charge is 0.269 e. The van der Waals surface area contributed by atoms with Gasteiger partial charge in [0.2, 0.25) is 0 Å². The van der Waals surface area contributed by atoms with Crippen LogP contribution in [-0.4, -0.2) is 17.4 Å². The number of hydrogen-bond donors (Lipinski definition) is 0. The number of halogens is 10. The summed E-state index contributed by atoms with van der Waals surface area (Å²) in [6, 6.07) is 0. The average molecular weight is 230 g/mol. The van der Waals surface area contributed by atoms with E-state index in [1.54, 1.807) is 0 Å². The first-order valence-corrected chi connectivity index (χ1v) is 0. The molecule has 0 amide bonds. The van der Waals surface area contributed by atoms with Crippen molar-refractivity contribution in [3.8, 4) is 0 Å². The van der Waals surface area contributed by atoms with Crippen LogP contribution in [0.2, 0.25) is 0 Å². The smallest absolute Gasteiger partial charge is 0.187 e. The average Bonchev–Trinajstić information content (AvgIpc) is 0. The lowest BCUT2D eigenvalue weighted by atomic mass is 19.0. The Morgan fingerprint density at radius 3 is 0.182 bits per heavy atom. The van der Waals surface area contributed by atoms with Gasteiger partial charge in [0.1, 0.15) is 0 Å². The van der Waals surface area contributed by atoms with Crippen LogP contribution in [0.1, 0.15) is 0 Å². The van der Waals surface area contributed by atoms with E-state index in [-0.39, 0.29) is 64.4 Å². The third-order valence-corrected chi connectivity index (χ3v) is 0. The molecule has 0 aliphatic carbocycles. The Morgan fingerprint density at radius 2 is 0.182 bits per heavy atom. The molecule has 0 aliphatic rings. The Labute approximate surface area is 65.5 Å². The van der Waals surface area contributed by atoms with E-state index in [0.717, 1.165) is 0 Å². The molecule has 0 atom stereocenters. The zero-order chi connectivity index (χ0) is 0. The second kappa shape index (κ2) is 27300. The maximum atomic E-state index is 0. The van der Waals surface area contributed by atoms with Gasteiger partial charge in [0.15, 0.2) is 17.4 Å². The van der Waals surface area contributed by atoms with E-state index in [2.05, 4.69) is 0 Å². The highest BCUT2D eigenvalue weighted by Gasteiger charge is 0.187. The molecular weight excluding hydrogens is 217 g/mol. The SMILES string of the molecule is F.F.F.F.F.F.F.F.F.F.[AlH3]. The van der Waals surface area contributed by atoms with E-state index < -0.39 is 0 Å². The summed E-state index contributed by atoms with van der Waals surface area (Å²) in [4.78, 5) is 0. The van der Waals surface area contributed by atoms with Gasteiger partial charge >= 0.3 is 0 Å². The lowest BCUT2D eigenvalue weighted by molar-refractivity contribution is 1.11. The van der Waals surface area contributed by atoms with Crippen molar-refractivity contribution in [1.29, 1.82) is 0 Å². The molecule has 0 spiro atoms. The van der Waals surface area contributed by atoms with E-state index >= 15 is 0 Å². The summed E-state index contributed by atoms with van der Waals surface area (Å²) >= 11 is 0. The Balaban J connectivity index is 0. The predicted octanol–water partition coefficient (Wildman–Crippen LogP) is 0.341. The van der Waals surface area contributed by atoms with E-state index in [0.29, 0.717) is 0 Å². The molecule has 0 radical (unpaired) electrons. The molecule has 0 aromatic rings. The first-order chi connectivity index (χ1) is 0. The Kier molecular flexibility index (Phi) is 92700000. The van der Waals surface area contributed by atoms with Crippen molar-refractivity contribution in [2.75, 3.05) is 0 Å². The van der Waals surface area contributed by atoms with E-state index in [4.69, 9.17) is 0 Å². The lowest BCUT2D eigenvalue weighted by Gasteiger charge is -0.270. The highest BCUT2D eigenvalue weighted by molar-refractivity contribution is 5.75. The van der Waals surface area contributed by atoms with Gasteiger partial charge in [-0.05, 0) is 0 Å². The number of rotatable bonds is 0. The van der Waals surface area contributed by atoms with Gasteiger partial charge in [0.05, 0.1) is 0 Å². The summed E-state index contributed by atoms with van der Waals surface area (Å²) in [6.07, 6.45) is 0. The standard InChI is InChI=1S/Al.10FH.3H/h;10*1H;;;. The molecule has 0 heterocycles. The molecule has 0 saturated heterocycles. The molecule has 86 valence electrons. The van der Waals surface area contributed by atoms with Crippen molar-refractivity contribution < 1.29 is 47.0 Å². The van der Waals surface area contributed by atoms with Crippen molar-refractivity contribution in [1.82, 2.24) is 0 Å². The van der Waals surface area contributed by atoms with Crippen LogP contribution >= 0.6 is 0 Å². The molecule has 0 rings (SSSR count). The van der Waals surface area contributed by atoms with Gasteiger partial charge in [0.25, 0.3) is 0 Å². The van der Waals surface area contributed by atoms with Gasteiger partial charge in [-0.25, -0.2) is 0 Å². The van der Waals surface area contributed by atoms with E-state index in [1.165, 1.54) is 0 Å². The van der Waals surface area contributed by atoms with Crippen molar-refractivity contribution in [3.63, 3.8) is 0 Å². The monoisotopic (exact) mass is 230 g/mol. The topological polar surface area (TPSA) is 0 Å². The minimum Gasteiger partial charge on any atom is -0.269 e. The molecule has 0 fully saturated rings. The summed E-state index contributed by atoms with van der Waals surface area (Å²) in [7, 11) is 0. The molecule has 0 aliphatic heterocycles. The lowest BCUT2D eigenvalue weighted by Crippen LogP contribution is -0.381. The second-order valence-corrected chi connectivity index (χ2v) is 0. The Morgan fingerprint density at radius 1 is 0.182 bits per heavy atom. The fourth-order valence-electron chi connectivity index (χ4n) is 0. The van der Waals surface area contributed by atoms with Gasteiger partial charge in [-0.1, -0.05) is 0 Å². The Hall–Kier alpha value is -0.168. The predicted molar refractivity (Wildman–Crippen MR) is 35.0 cm³/mol. The van der Waals surface area contributed by atoms with E-state index in [9.17, 15) is 0 Å². The summed E-state index contributed by atoms with van der Waals surface area (Å²) in [5, 5.41) is 0. The van der Waals surface area contributed by atoms with Gasteiger partial charge in [-0.3, -0.25) is 47.0 Å². The fourth-order valence-corrected chi connectivity index (χ4v) is 0. The maximum Gasteiger partial charge on any atom is 0.187 e. The van der Waals surface area contributed by atoms with Crippen LogP contribution in [0.25, 0.3) is 0 Å². The van der Waals surface area contributed by atoms with Crippen LogP contribution in [0.5, 0.6) is 0 Å². The maximum absolute atomic E-state index is 0. The van der Waals surface area contributed by atoms with Crippen molar-refractivity contribution in [2.45, 2.75) is 0 Å². The van der Waals surface area contributed by atoms with Crippen LogP contribution in [0.4, 0.5) is 47.0 Å². The van der Waals surface area contributed by atoms with Crippen molar-refractivity contribution in [3.05, 3.63) is 0 Å². The quantitative estimate of drug-likeness (QED) is 0.416. The molecule has 0 aromatic heterocycles. The molecule has 0 aromatic carbocycles. The highest BCUT2D eigenvalue weighted by atomic mass is 27.0. The summed E-state index contributed by atoms with van der Waals surface area (Å²) in [5.41, 5.74) is 0. The van der Waals surface area contributed by atoms with Crippen LogP contribution in [0.15, 0.2) is 0 Å². The van der Waals surface area contributed by atoms with Crippen molar-refractivity contribution >= 4 is 17.4 Å². The normalized spacial score (nSPS) is 0. The molecule has 0 unspecified atom stereocenters. The summed E-state index contributed by atoms with van der Waals surface area (Å²) in [5.74, 6) is 0. The second-order valence-electron chi connectivity index (χ2n) is 0. The zero-order valence-electron chi connectivity index (χ0n) is 4.08. The molecule has 11 heteroatoms. The van der Waals surface area contributed by atoms with Gasteiger partial charge < -0.3 is 0 Å². The minimum atomic E-state index is 0. The van der Waals surface area contributed by atoms with Gasteiger partial charge in [-0.15, -0.1) is 0 Å². The molecular formula is H13AlF10. The van der Waals surface area contributed by atoms with Gasteiger partial charge in [-0.2, -0.15) is 0 Å². The first-order valence-electron chi connectivity index (χ1n) is 0. The number of hydrogen-bond acceptors (Lipinski definition) is 0. The summed E-state index contributed by atoms with van der Waals surface area (Å²) < 4.78 is 0. The Bertz CT molecular complexity index is 4.83. The van der Waals surface area contributed by atoms with Crippen LogP contribution in [0.3, 0.4) is 0 Å². The summed E-state index contributed by atoms with van der Waals surface area (Å²) in [6.45, 7) is 0. The molecule has 0 N–H and O–H groups in total.